The molecular formula is C27H34ClN3O3. The summed E-state index contributed by atoms with van der Waals surface area (Å²) in [5.74, 6) is 1.58. The number of aromatic amines is 1. The molecule has 1 aromatic heterocycles. The van der Waals surface area contributed by atoms with Crippen molar-refractivity contribution in [3.8, 4) is 11.5 Å². The second-order valence-electron chi connectivity index (χ2n) is 9.46. The van der Waals surface area contributed by atoms with Gasteiger partial charge in [0.25, 0.3) is 0 Å². The fourth-order valence-electron chi connectivity index (χ4n) is 4.40. The Labute approximate surface area is 206 Å². The standard InChI is InChI=1S/C27H34ClN3O3/c1-18(2)16-31(17-20-12-23(28)26-25(13-20)33-10-5-11-34-26)27(32)19(3)14-29-15-21-6-4-7-24-22(21)8-9-30-24/h4,6-9,12-13,18-19,29-30H,5,10-11,14-17H2,1-3H3/t19-/m1/s1. The van der Waals surface area contributed by atoms with Gasteiger partial charge < -0.3 is 24.7 Å². The predicted octanol–water partition coefficient (Wildman–Crippen LogP) is 5.39. The molecule has 1 atom stereocenters. The number of carbonyl (C=O) groups is 1. The van der Waals surface area contributed by atoms with Crippen molar-refractivity contribution in [2.24, 2.45) is 11.8 Å². The first kappa shape index (κ1) is 24.4. The number of ether oxygens (including phenoxy) is 2. The number of hydrogen-bond donors (Lipinski definition) is 2. The van der Waals surface area contributed by atoms with Gasteiger partial charge in [-0.05, 0) is 41.3 Å². The lowest BCUT2D eigenvalue weighted by atomic mass is 10.1. The van der Waals surface area contributed by atoms with Gasteiger partial charge in [0, 0.05) is 55.6 Å². The van der Waals surface area contributed by atoms with E-state index in [9.17, 15) is 4.79 Å². The Kier molecular flexibility index (Phi) is 8.01. The molecule has 2 heterocycles. The van der Waals surface area contributed by atoms with Gasteiger partial charge in [0.2, 0.25) is 5.91 Å². The average Bonchev–Trinajstić information content (AvgIpc) is 3.16. The Bertz CT molecular complexity index is 1130. The number of rotatable bonds is 9. The van der Waals surface area contributed by atoms with Gasteiger partial charge in [0.15, 0.2) is 11.5 Å². The molecule has 0 fully saturated rings. The molecule has 6 nitrogen and oxygen atoms in total. The molecule has 182 valence electrons. The van der Waals surface area contributed by atoms with Gasteiger partial charge >= 0.3 is 0 Å². The summed E-state index contributed by atoms with van der Waals surface area (Å²) in [5.41, 5.74) is 3.29. The third-order valence-corrected chi connectivity index (χ3v) is 6.29. The predicted molar refractivity (Wildman–Crippen MR) is 136 cm³/mol. The number of H-pyrrole nitrogens is 1. The fraction of sp³-hybridized carbons (Fsp3) is 0.444. The van der Waals surface area contributed by atoms with Crippen LogP contribution in [0, 0.1) is 11.8 Å². The Morgan fingerprint density at radius 2 is 2.00 bits per heavy atom. The van der Waals surface area contributed by atoms with Crippen LogP contribution in [-0.4, -0.2) is 42.1 Å². The van der Waals surface area contributed by atoms with Crippen molar-refractivity contribution in [1.82, 2.24) is 15.2 Å². The summed E-state index contributed by atoms with van der Waals surface area (Å²) in [7, 11) is 0. The number of benzene rings is 2. The first-order valence-corrected chi connectivity index (χ1v) is 12.4. The maximum absolute atomic E-state index is 13.4. The van der Waals surface area contributed by atoms with E-state index < -0.39 is 0 Å². The van der Waals surface area contributed by atoms with Gasteiger partial charge in [-0.25, -0.2) is 0 Å². The van der Waals surface area contributed by atoms with Crippen LogP contribution >= 0.6 is 11.6 Å². The van der Waals surface area contributed by atoms with Crippen molar-refractivity contribution in [1.29, 1.82) is 0 Å². The number of hydrogen-bond acceptors (Lipinski definition) is 4. The Hall–Kier alpha value is -2.70. The molecule has 3 aromatic rings. The van der Waals surface area contributed by atoms with Crippen LogP contribution in [0.15, 0.2) is 42.6 Å². The Morgan fingerprint density at radius 3 is 2.82 bits per heavy atom. The minimum Gasteiger partial charge on any atom is -0.489 e. The minimum absolute atomic E-state index is 0.129. The van der Waals surface area contributed by atoms with E-state index in [1.54, 1.807) is 0 Å². The van der Waals surface area contributed by atoms with Crippen molar-refractivity contribution in [3.63, 3.8) is 0 Å². The van der Waals surface area contributed by atoms with Crippen LogP contribution in [-0.2, 0) is 17.9 Å². The van der Waals surface area contributed by atoms with Gasteiger partial charge in [-0.1, -0.05) is 44.5 Å². The van der Waals surface area contributed by atoms with Crippen molar-refractivity contribution >= 4 is 28.4 Å². The monoisotopic (exact) mass is 483 g/mol. The second kappa shape index (κ2) is 11.2. The molecule has 1 amide bonds. The van der Waals surface area contributed by atoms with E-state index >= 15 is 0 Å². The van der Waals surface area contributed by atoms with Crippen molar-refractivity contribution in [2.75, 3.05) is 26.3 Å². The summed E-state index contributed by atoms with van der Waals surface area (Å²) in [6.45, 7) is 9.92. The van der Waals surface area contributed by atoms with Crippen LogP contribution in [0.4, 0.5) is 0 Å². The summed E-state index contributed by atoms with van der Waals surface area (Å²) >= 11 is 6.49. The third kappa shape index (κ3) is 5.86. The van der Waals surface area contributed by atoms with Crippen molar-refractivity contribution in [3.05, 3.63) is 58.7 Å². The first-order valence-electron chi connectivity index (χ1n) is 12.0. The van der Waals surface area contributed by atoms with Crippen molar-refractivity contribution < 1.29 is 14.3 Å². The van der Waals surface area contributed by atoms with Gasteiger partial charge in [-0.2, -0.15) is 0 Å². The summed E-state index contributed by atoms with van der Waals surface area (Å²) in [5, 5.41) is 5.21. The number of amides is 1. The molecule has 0 saturated heterocycles. The van der Waals surface area contributed by atoms with Crippen molar-refractivity contribution in [2.45, 2.75) is 40.3 Å². The molecule has 1 aliphatic heterocycles. The largest absolute Gasteiger partial charge is 0.489 e. The van der Waals surface area contributed by atoms with E-state index in [4.69, 9.17) is 21.1 Å². The molecule has 2 N–H and O–H groups in total. The maximum Gasteiger partial charge on any atom is 0.226 e. The highest BCUT2D eigenvalue weighted by Crippen LogP contribution is 2.38. The van der Waals surface area contributed by atoms with E-state index in [1.165, 1.54) is 10.9 Å². The zero-order valence-electron chi connectivity index (χ0n) is 20.2. The third-order valence-electron chi connectivity index (χ3n) is 6.01. The van der Waals surface area contributed by atoms with E-state index in [0.717, 1.165) is 24.0 Å². The normalized spacial score (nSPS) is 14.3. The first-order chi connectivity index (χ1) is 16.4. The highest BCUT2D eigenvalue weighted by atomic mass is 35.5. The molecule has 0 saturated carbocycles. The zero-order chi connectivity index (χ0) is 24.1. The number of aromatic nitrogens is 1. The quantitative estimate of drug-likeness (QED) is 0.428. The number of fused-ring (bicyclic) bond motifs is 2. The van der Waals surface area contributed by atoms with Crippen LogP contribution in [0.2, 0.25) is 5.02 Å². The summed E-state index contributed by atoms with van der Waals surface area (Å²) in [4.78, 5) is 18.6. The maximum atomic E-state index is 13.4. The second-order valence-corrected chi connectivity index (χ2v) is 9.86. The van der Waals surface area contributed by atoms with E-state index in [2.05, 4.69) is 48.4 Å². The molecule has 0 radical (unpaired) electrons. The number of halogens is 1. The number of nitrogens with zero attached hydrogens (tertiary/aromatic N) is 1. The Morgan fingerprint density at radius 1 is 1.18 bits per heavy atom. The van der Waals surface area contributed by atoms with Crippen LogP contribution < -0.4 is 14.8 Å². The summed E-state index contributed by atoms with van der Waals surface area (Å²) in [6, 6.07) is 12.2. The molecule has 1 aliphatic rings. The molecule has 0 unspecified atom stereocenters. The average molecular weight is 484 g/mol. The zero-order valence-corrected chi connectivity index (χ0v) is 21.0. The molecule has 0 aliphatic carbocycles. The molecular weight excluding hydrogens is 450 g/mol. The summed E-state index contributed by atoms with van der Waals surface area (Å²) in [6.07, 6.45) is 2.78. The number of carbonyl (C=O) groups excluding carboxylic acids is 1. The van der Waals surface area contributed by atoms with Crippen LogP contribution in [0.1, 0.15) is 38.3 Å². The number of nitrogens with one attached hydrogen (secondary N) is 2. The lowest BCUT2D eigenvalue weighted by Crippen LogP contribution is -2.40. The molecule has 0 bridgehead atoms. The SMILES string of the molecule is CC(C)CN(Cc1cc(Cl)c2c(c1)OCCCO2)C(=O)[C@H](C)CNCc1cccc2[nH]ccc12. The fourth-order valence-corrected chi connectivity index (χ4v) is 4.68. The van der Waals surface area contributed by atoms with Gasteiger partial charge in [0.1, 0.15) is 0 Å². The lowest BCUT2D eigenvalue weighted by Gasteiger charge is -2.28. The van der Waals surface area contributed by atoms with Crippen LogP contribution in [0.25, 0.3) is 10.9 Å². The highest BCUT2D eigenvalue weighted by Gasteiger charge is 2.23. The minimum atomic E-state index is -0.153. The van der Waals surface area contributed by atoms with Gasteiger partial charge in [-0.3, -0.25) is 4.79 Å². The molecule has 34 heavy (non-hydrogen) atoms. The molecule has 0 spiro atoms. The van der Waals surface area contributed by atoms with Gasteiger partial charge in [-0.15, -0.1) is 0 Å². The van der Waals surface area contributed by atoms with E-state index in [-0.39, 0.29) is 11.8 Å². The van der Waals surface area contributed by atoms with E-state index in [0.29, 0.717) is 55.3 Å². The highest BCUT2D eigenvalue weighted by molar-refractivity contribution is 6.32. The topological polar surface area (TPSA) is 66.6 Å². The lowest BCUT2D eigenvalue weighted by molar-refractivity contribution is -0.136. The van der Waals surface area contributed by atoms with Crippen LogP contribution in [0.5, 0.6) is 11.5 Å². The molecule has 4 rings (SSSR count). The Balaban J connectivity index is 1.41. The van der Waals surface area contributed by atoms with E-state index in [1.807, 2.05) is 30.2 Å². The smallest absolute Gasteiger partial charge is 0.226 e. The molecule has 2 aromatic carbocycles. The molecule has 7 heteroatoms. The van der Waals surface area contributed by atoms with Crippen LogP contribution in [0.3, 0.4) is 0 Å². The van der Waals surface area contributed by atoms with Gasteiger partial charge in [0.05, 0.1) is 18.2 Å². The summed E-state index contributed by atoms with van der Waals surface area (Å²) < 4.78 is 11.6.